The van der Waals surface area contributed by atoms with Gasteiger partial charge >= 0.3 is 0 Å². The third kappa shape index (κ3) is 4.50. The smallest absolute Gasteiger partial charge is 0.250 e. The van der Waals surface area contributed by atoms with Gasteiger partial charge in [0.1, 0.15) is 5.82 Å². The van der Waals surface area contributed by atoms with Gasteiger partial charge in [0, 0.05) is 56.2 Å². The maximum absolute atomic E-state index is 12.4. The third-order valence-corrected chi connectivity index (χ3v) is 6.46. The molecule has 0 radical (unpaired) electrons. The van der Waals surface area contributed by atoms with E-state index in [-0.39, 0.29) is 5.56 Å². The molecule has 2 aliphatic rings. The first-order chi connectivity index (χ1) is 15.7. The molecule has 3 aromatic rings. The predicted octanol–water partition coefficient (Wildman–Crippen LogP) is 3.31. The van der Waals surface area contributed by atoms with Crippen molar-refractivity contribution in [2.24, 2.45) is 0 Å². The molecular formula is C24H29N7O. The van der Waals surface area contributed by atoms with Gasteiger partial charge in [-0.05, 0) is 44.2 Å². The van der Waals surface area contributed by atoms with Crippen LogP contribution in [0.15, 0.2) is 53.7 Å². The summed E-state index contributed by atoms with van der Waals surface area (Å²) >= 11 is 0. The zero-order valence-electron chi connectivity index (χ0n) is 18.4. The topological polar surface area (TPSA) is 79.2 Å². The first-order valence-electron chi connectivity index (χ1n) is 11.4. The van der Waals surface area contributed by atoms with Crippen LogP contribution in [-0.4, -0.2) is 57.6 Å². The summed E-state index contributed by atoms with van der Waals surface area (Å²) in [5.74, 6) is 1.19. The summed E-state index contributed by atoms with van der Waals surface area (Å²) in [5, 5.41) is 3.20. The Balaban J connectivity index is 1.31. The Hall–Kier alpha value is -3.26. The van der Waals surface area contributed by atoms with Gasteiger partial charge < -0.3 is 19.7 Å². The van der Waals surface area contributed by atoms with Gasteiger partial charge in [-0.1, -0.05) is 12.8 Å². The lowest BCUT2D eigenvalue weighted by molar-refractivity contribution is 0.313. The molecule has 3 aromatic heterocycles. The van der Waals surface area contributed by atoms with Crippen molar-refractivity contribution in [3.05, 3.63) is 59.3 Å². The first kappa shape index (κ1) is 20.6. The molecule has 8 heteroatoms. The standard InChI is InChI=1S/C24H29N7O/c1-29-12-14-30(15-13-29)20-7-8-22(26-16-20)28-24-25-11-10-21(27-24)18-6-9-23(32)31(17-18)19-4-2-3-5-19/h6-11,16-17,19H,2-5,12-15H2,1H3,(H,25,26,27,28). The van der Waals surface area contributed by atoms with Crippen LogP contribution in [0.3, 0.4) is 0 Å². The van der Waals surface area contributed by atoms with E-state index in [1.54, 1.807) is 12.3 Å². The minimum absolute atomic E-state index is 0.0534. The van der Waals surface area contributed by atoms with E-state index in [1.165, 1.54) is 12.8 Å². The van der Waals surface area contributed by atoms with Crippen LogP contribution in [-0.2, 0) is 0 Å². The van der Waals surface area contributed by atoms with Crippen LogP contribution >= 0.6 is 0 Å². The van der Waals surface area contributed by atoms with Gasteiger partial charge in [0.05, 0.1) is 17.6 Å². The molecule has 0 bridgehead atoms. The summed E-state index contributed by atoms with van der Waals surface area (Å²) in [6.07, 6.45) is 10.1. The second-order valence-electron chi connectivity index (χ2n) is 8.68. The predicted molar refractivity (Wildman–Crippen MR) is 126 cm³/mol. The van der Waals surface area contributed by atoms with Crippen molar-refractivity contribution in [2.45, 2.75) is 31.7 Å². The van der Waals surface area contributed by atoms with Crippen LogP contribution in [0.1, 0.15) is 31.7 Å². The summed E-state index contributed by atoms with van der Waals surface area (Å²) in [7, 11) is 2.15. The Labute approximate surface area is 188 Å². The maximum Gasteiger partial charge on any atom is 0.250 e. The van der Waals surface area contributed by atoms with Crippen LogP contribution in [0, 0.1) is 0 Å². The quantitative estimate of drug-likeness (QED) is 0.664. The summed E-state index contributed by atoms with van der Waals surface area (Å²) in [6.45, 7) is 4.15. The molecule has 0 atom stereocenters. The van der Waals surface area contributed by atoms with Gasteiger partial charge in [-0.3, -0.25) is 4.79 Å². The number of nitrogens with one attached hydrogen (secondary N) is 1. The Morgan fingerprint density at radius 2 is 1.78 bits per heavy atom. The van der Waals surface area contributed by atoms with E-state index < -0.39 is 0 Å². The average molecular weight is 432 g/mol. The SMILES string of the molecule is CN1CCN(c2ccc(Nc3nccc(-c4ccc(=O)n(C5CCCC5)c4)n3)nc2)CC1. The Morgan fingerprint density at radius 3 is 2.53 bits per heavy atom. The van der Waals surface area contributed by atoms with Crippen LogP contribution in [0.2, 0.25) is 0 Å². The van der Waals surface area contributed by atoms with Gasteiger partial charge in [-0.25, -0.2) is 15.0 Å². The molecular weight excluding hydrogens is 402 g/mol. The fourth-order valence-electron chi connectivity index (χ4n) is 4.53. The van der Waals surface area contributed by atoms with Crippen molar-refractivity contribution < 1.29 is 0 Å². The molecule has 0 amide bonds. The van der Waals surface area contributed by atoms with E-state index in [4.69, 9.17) is 0 Å². The Kier molecular flexibility index (Phi) is 5.85. The van der Waals surface area contributed by atoms with E-state index in [1.807, 2.05) is 35.2 Å². The highest BCUT2D eigenvalue weighted by molar-refractivity contribution is 5.61. The minimum atomic E-state index is 0.0534. The lowest BCUT2D eigenvalue weighted by atomic mass is 10.1. The van der Waals surface area contributed by atoms with Crippen LogP contribution < -0.4 is 15.8 Å². The summed E-state index contributed by atoms with van der Waals surface area (Å²) in [6, 6.07) is 9.69. The second kappa shape index (κ2) is 9.08. The lowest BCUT2D eigenvalue weighted by Crippen LogP contribution is -2.44. The molecule has 1 saturated heterocycles. The van der Waals surface area contributed by atoms with Gasteiger partial charge in [0.25, 0.3) is 5.56 Å². The van der Waals surface area contributed by atoms with E-state index in [0.717, 1.165) is 56.0 Å². The van der Waals surface area contributed by atoms with Gasteiger partial charge in [-0.15, -0.1) is 0 Å². The number of likely N-dealkylation sites (N-methyl/N-ethyl adjacent to an activating group) is 1. The third-order valence-electron chi connectivity index (χ3n) is 6.46. The lowest BCUT2D eigenvalue weighted by Gasteiger charge is -2.33. The van der Waals surface area contributed by atoms with Crippen molar-refractivity contribution in [3.63, 3.8) is 0 Å². The van der Waals surface area contributed by atoms with E-state index in [9.17, 15) is 4.79 Å². The molecule has 1 N–H and O–H groups in total. The zero-order valence-corrected chi connectivity index (χ0v) is 18.4. The van der Waals surface area contributed by atoms with Gasteiger partial charge in [0.15, 0.2) is 0 Å². The highest BCUT2D eigenvalue weighted by atomic mass is 16.1. The first-order valence-corrected chi connectivity index (χ1v) is 11.4. The normalized spacial score (nSPS) is 17.6. The number of piperazine rings is 1. The molecule has 1 saturated carbocycles. The second-order valence-corrected chi connectivity index (χ2v) is 8.68. The molecule has 4 heterocycles. The number of nitrogens with zero attached hydrogens (tertiary/aromatic N) is 6. The molecule has 1 aliphatic heterocycles. The number of anilines is 3. The summed E-state index contributed by atoms with van der Waals surface area (Å²) in [5.41, 5.74) is 2.88. The zero-order chi connectivity index (χ0) is 21.9. The van der Waals surface area contributed by atoms with Crippen LogP contribution in [0.5, 0.6) is 0 Å². The van der Waals surface area contributed by atoms with Crippen molar-refractivity contribution in [1.29, 1.82) is 0 Å². The average Bonchev–Trinajstić information content (AvgIpc) is 3.35. The molecule has 0 aromatic carbocycles. The summed E-state index contributed by atoms with van der Waals surface area (Å²) in [4.78, 5) is 30.6. The molecule has 166 valence electrons. The monoisotopic (exact) mass is 431 g/mol. The van der Waals surface area contributed by atoms with Crippen molar-refractivity contribution in [1.82, 2.24) is 24.4 Å². The van der Waals surface area contributed by atoms with Crippen molar-refractivity contribution >= 4 is 17.5 Å². The number of hydrogen-bond acceptors (Lipinski definition) is 7. The molecule has 0 unspecified atom stereocenters. The van der Waals surface area contributed by atoms with Gasteiger partial charge in [-0.2, -0.15) is 0 Å². The number of hydrogen-bond donors (Lipinski definition) is 1. The van der Waals surface area contributed by atoms with Crippen molar-refractivity contribution in [3.8, 4) is 11.3 Å². The molecule has 1 aliphatic carbocycles. The fourth-order valence-corrected chi connectivity index (χ4v) is 4.53. The largest absolute Gasteiger partial charge is 0.368 e. The van der Waals surface area contributed by atoms with Crippen LogP contribution in [0.25, 0.3) is 11.3 Å². The summed E-state index contributed by atoms with van der Waals surface area (Å²) < 4.78 is 1.87. The van der Waals surface area contributed by atoms with E-state index in [2.05, 4.69) is 43.2 Å². The Morgan fingerprint density at radius 1 is 0.969 bits per heavy atom. The van der Waals surface area contributed by atoms with E-state index in [0.29, 0.717) is 17.8 Å². The minimum Gasteiger partial charge on any atom is -0.368 e. The van der Waals surface area contributed by atoms with Crippen molar-refractivity contribution in [2.75, 3.05) is 43.4 Å². The number of aromatic nitrogens is 4. The molecule has 32 heavy (non-hydrogen) atoms. The highest BCUT2D eigenvalue weighted by Crippen LogP contribution is 2.29. The number of pyridine rings is 2. The fraction of sp³-hybridized carbons (Fsp3) is 0.417. The molecule has 2 fully saturated rings. The van der Waals surface area contributed by atoms with E-state index >= 15 is 0 Å². The highest BCUT2D eigenvalue weighted by Gasteiger charge is 2.18. The molecule has 0 spiro atoms. The van der Waals surface area contributed by atoms with Crippen LogP contribution in [0.4, 0.5) is 17.5 Å². The maximum atomic E-state index is 12.4. The molecule has 5 rings (SSSR count). The number of rotatable bonds is 5. The molecule has 8 nitrogen and oxygen atoms in total. The Bertz CT molecular complexity index is 1110. The van der Waals surface area contributed by atoms with Gasteiger partial charge in [0.2, 0.25) is 5.95 Å².